The maximum Gasteiger partial charge on any atom is 0.404 e. The van der Waals surface area contributed by atoms with Gasteiger partial charge in [-0.05, 0) is 30.5 Å². The van der Waals surface area contributed by atoms with Crippen molar-refractivity contribution in [3.8, 4) is 0 Å². The maximum atomic E-state index is 12.9. The molecule has 0 aromatic heterocycles. The second-order valence-electron chi connectivity index (χ2n) is 4.33. The van der Waals surface area contributed by atoms with Gasteiger partial charge in [0.05, 0.1) is 0 Å². The van der Waals surface area contributed by atoms with Crippen molar-refractivity contribution in [3.05, 3.63) is 35.6 Å². The van der Waals surface area contributed by atoms with Crippen molar-refractivity contribution in [2.75, 3.05) is 7.11 Å². The Morgan fingerprint density at radius 3 is 2.47 bits per heavy atom. The van der Waals surface area contributed by atoms with Gasteiger partial charge < -0.3 is 15.2 Å². The van der Waals surface area contributed by atoms with Gasteiger partial charge in [-0.3, -0.25) is 0 Å². The molecular weight excluding hydrogens is 249 g/mol. The van der Waals surface area contributed by atoms with Crippen molar-refractivity contribution in [2.24, 2.45) is 5.73 Å². The zero-order valence-corrected chi connectivity index (χ0v) is 11.3. The molecule has 1 rings (SSSR count). The van der Waals surface area contributed by atoms with Crippen LogP contribution in [0.25, 0.3) is 0 Å². The summed E-state index contributed by atoms with van der Waals surface area (Å²) in [5, 5.41) is 0. The molecule has 2 N–H and O–H groups in total. The standard InChI is InChI=1S/C14H20FNO3/c1-3-4-5-12(19-14(16)17)13(18-2)10-6-8-11(15)9-7-10/h6-9,12-13H,3-5H2,1-2H3,(H2,16,17)/t12-,13-/m0/s1. The molecule has 0 heterocycles. The molecule has 1 aromatic carbocycles. The molecule has 1 aromatic rings. The summed E-state index contributed by atoms with van der Waals surface area (Å²) in [6, 6.07) is 5.94. The lowest BCUT2D eigenvalue weighted by atomic mass is 10.00. The first kappa shape index (κ1) is 15.4. The SMILES string of the molecule is CCCC[C@H](OC(N)=O)[C@@H](OC)c1ccc(F)cc1. The predicted molar refractivity (Wildman–Crippen MR) is 70.1 cm³/mol. The van der Waals surface area contributed by atoms with E-state index in [1.54, 1.807) is 12.1 Å². The number of benzene rings is 1. The van der Waals surface area contributed by atoms with Gasteiger partial charge in [0, 0.05) is 7.11 Å². The first-order valence-electron chi connectivity index (χ1n) is 6.32. The van der Waals surface area contributed by atoms with E-state index in [0.717, 1.165) is 18.4 Å². The summed E-state index contributed by atoms with van der Waals surface area (Å²) in [5.41, 5.74) is 5.84. The second kappa shape index (κ2) is 7.74. The minimum absolute atomic E-state index is 0.320. The van der Waals surface area contributed by atoms with Crippen LogP contribution in [-0.4, -0.2) is 19.3 Å². The Balaban J connectivity index is 2.87. The summed E-state index contributed by atoms with van der Waals surface area (Å²) < 4.78 is 23.4. The number of halogens is 1. The van der Waals surface area contributed by atoms with E-state index >= 15 is 0 Å². The van der Waals surface area contributed by atoms with Crippen molar-refractivity contribution >= 4 is 6.09 Å². The van der Waals surface area contributed by atoms with Gasteiger partial charge in [-0.25, -0.2) is 9.18 Å². The number of hydrogen-bond donors (Lipinski definition) is 1. The first-order chi connectivity index (χ1) is 9.08. The van der Waals surface area contributed by atoms with E-state index in [-0.39, 0.29) is 5.82 Å². The van der Waals surface area contributed by atoms with Gasteiger partial charge in [0.1, 0.15) is 18.0 Å². The molecule has 4 nitrogen and oxygen atoms in total. The molecule has 0 unspecified atom stereocenters. The van der Waals surface area contributed by atoms with Crippen LogP contribution in [-0.2, 0) is 9.47 Å². The highest BCUT2D eigenvalue weighted by molar-refractivity contribution is 5.64. The Bertz CT molecular complexity index is 394. The van der Waals surface area contributed by atoms with Gasteiger partial charge in [-0.2, -0.15) is 0 Å². The number of nitrogens with two attached hydrogens (primary N) is 1. The smallest absolute Gasteiger partial charge is 0.404 e. The summed E-state index contributed by atoms with van der Waals surface area (Å²) >= 11 is 0. The van der Waals surface area contributed by atoms with Crippen LogP contribution >= 0.6 is 0 Å². The zero-order chi connectivity index (χ0) is 14.3. The molecule has 0 radical (unpaired) electrons. The largest absolute Gasteiger partial charge is 0.443 e. The minimum atomic E-state index is -0.828. The summed E-state index contributed by atoms with van der Waals surface area (Å²) in [6.45, 7) is 2.04. The van der Waals surface area contributed by atoms with Crippen molar-refractivity contribution < 1.29 is 18.7 Å². The average Bonchev–Trinajstić information content (AvgIpc) is 2.38. The molecule has 1 amide bonds. The maximum absolute atomic E-state index is 12.9. The minimum Gasteiger partial charge on any atom is -0.443 e. The monoisotopic (exact) mass is 269 g/mol. The molecule has 0 aliphatic carbocycles. The van der Waals surface area contributed by atoms with Gasteiger partial charge in [0.2, 0.25) is 0 Å². The fourth-order valence-corrected chi connectivity index (χ4v) is 1.98. The third-order valence-corrected chi connectivity index (χ3v) is 2.90. The number of hydrogen-bond acceptors (Lipinski definition) is 3. The van der Waals surface area contributed by atoms with Gasteiger partial charge in [-0.1, -0.05) is 25.5 Å². The van der Waals surface area contributed by atoms with Gasteiger partial charge in [0.25, 0.3) is 0 Å². The quantitative estimate of drug-likeness (QED) is 0.827. The Hall–Kier alpha value is -1.62. The van der Waals surface area contributed by atoms with Crippen LogP contribution in [0, 0.1) is 5.82 Å². The molecule has 0 spiro atoms. The summed E-state index contributed by atoms with van der Waals surface area (Å²) in [4.78, 5) is 11.0. The van der Waals surface area contributed by atoms with E-state index in [1.807, 2.05) is 6.92 Å². The number of carbonyl (C=O) groups is 1. The number of methoxy groups -OCH3 is 1. The second-order valence-corrected chi connectivity index (χ2v) is 4.33. The average molecular weight is 269 g/mol. The number of rotatable bonds is 7. The highest BCUT2D eigenvalue weighted by atomic mass is 19.1. The number of primary amides is 1. The van der Waals surface area contributed by atoms with Crippen LogP contribution in [0.2, 0.25) is 0 Å². The van der Waals surface area contributed by atoms with Gasteiger partial charge in [0.15, 0.2) is 0 Å². The van der Waals surface area contributed by atoms with E-state index in [9.17, 15) is 9.18 Å². The lowest BCUT2D eigenvalue weighted by Gasteiger charge is -2.25. The lowest BCUT2D eigenvalue weighted by molar-refractivity contribution is -0.0257. The number of carbonyl (C=O) groups excluding carboxylic acids is 1. The number of unbranched alkanes of at least 4 members (excludes halogenated alkanes) is 1. The third kappa shape index (κ3) is 4.87. The molecule has 0 bridgehead atoms. The van der Waals surface area contributed by atoms with E-state index in [2.05, 4.69) is 0 Å². The highest BCUT2D eigenvalue weighted by Gasteiger charge is 2.25. The van der Waals surface area contributed by atoms with Crippen LogP contribution in [0.3, 0.4) is 0 Å². The van der Waals surface area contributed by atoms with Crippen LogP contribution in [0.4, 0.5) is 9.18 Å². The lowest BCUT2D eigenvalue weighted by Crippen LogP contribution is -2.29. The Kier molecular flexibility index (Phi) is 6.29. The molecule has 5 heteroatoms. The molecule has 0 aliphatic rings. The van der Waals surface area contributed by atoms with Crippen LogP contribution in [0.1, 0.15) is 37.9 Å². The Labute approximate surface area is 112 Å². The van der Waals surface area contributed by atoms with Crippen molar-refractivity contribution in [3.63, 3.8) is 0 Å². The topological polar surface area (TPSA) is 61.5 Å². The van der Waals surface area contributed by atoms with Crippen LogP contribution in [0.5, 0.6) is 0 Å². The normalized spacial score (nSPS) is 13.8. The van der Waals surface area contributed by atoms with E-state index < -0.39 is 18.3 Å². The summed E-state index contributed by atoms with van der Waals surface area (Å²) in [5.74, 6) is -0.320. The molecule has 19 heavy (non-hydrogen) atoms. The third-order valence-electron chi connectivity index (χ3n) is 2.90. The van der Waals surface area contributed by atoms with Crippen molar-refractivity contribution in [1.82, 2.24) is 0 Å². The molecule has 0 saturated heterocycles. The van der Waals surface area contributed by atoms with Gasteiger partial charge in [-0.15, -0.1) is 0 Å². The van der Waals surface area contributed by atoms with Crippen LogP contribution in [0.15, 0.2) is 24.3 Å². The van der Waals surface area contributed by atoms with Crippen LogP contribution < -0.4 is 5.73 Å². The molecule has 0 saturated carbocycles. The van der Waals surface area contributed by atoms with Gasteiger partial charge >= 0.3 is 6.09 Å². The molecule has 0 aliphatic heterocycles. The Morgan fingerprint density at radius 1 is 1.37 bits per heavy atom. The fourth-order valence-electron chi connectivity index (χ4n) is 1.98. The first-order valence-corrected chi connectivity index (χ1v) is 6.32. The fraction of sp³-hybridized carbons (Fsp3) is 0.500. The Morgan fingerprint density at radius 2 is 2.00 bits per heavy atom. The summed E-state index contributed by atoms with van der Waals surface area (Å²) in [7, 11) is 1.53. The van der Waals surface area contributed by atoms with Crippen molar-refractivity contribution in [1.29, 1.82) is 0 Å². The zero-order valence-electron chi connectivity index (χ0n) is 11.3. The van der Waals surface area contributed by atoms with Crippen molar-refractivity contribution in [2.45, 2.75) is 38.4 Å². The summed E-state index contributed by atoms with van der Waals surface area (Å²) in [6.07, 6.45) is 0.769. The molecular formula is C14H20FNO3. The van der Waals surface area contributed by atoms with E-state index in [0.29, 0.717) is 6.42 Å². The molecule has 0 fully saturated rings. The molecule has 2 atom stereocenters. The predicted octanol–water partition coefficient (Wildman–Crippen LogP) is 3.17. The highest BCUT2D eigenvalue weighted by Crippen LogP contribution is 2.26. The molecule has 106 valence electrons. The van der Waals surface area contributed by atoms with E-state index in [4.69, 9.17) is 15.2 Å². The van der Waals surface area contributed by atoms with E-state index in [1.165, 1.54) is 19.2 Å². The number of amides is 1. The number of ether oxygens (including phenoxy) is 2.